The highest BCUT2D eigenvalue weighted by molar-refractivity contribution is 5.92. The highest BCUT2D eigenvalue weighted by Gasteiger charge is 2.33. The van der Waals surface area contributed by atoms with E-state index >= 15 is 0 Å². The van der Waals surface area contributed by atoms with E-state index in [0.29, 0.717) is 18.6 Å². The molecule has 2 atom stereocenters. The number of piperidine rings is 1. The van der Waals surface area contributed by atoms with E-state index in [9.17, 15) is 9.59 Å². The van der Waals surface area contributed by atoms with Gasteiger partial charge in [0.1, 0.15) is 5.76 Å². The van der Waals surface area contributed by atoms with Crippen LogP contribution in [0.1, 0.15) is 36.1 Å². The summed E-state index contributed by atoms with van der Waals surface area (Å²) in [7, 11) is 0. The third kappa shape index (κ3) is 2.39. The van der Waals surface area contributed by atoms with Crippen LogP contribution < -0.4 is 0 Å². The van der Waals surface area contributed by atoms with Crippen LogP contribution in [-0.4, -0.2) is 34.5 Å². The first-order valence-electron chi connectivity index (χ1n) is 6.09. The molecular formula is C13H17NO4. The number of carbonyl (C=O) groups excluding carboxylic acids is 1. The minimum absolute atomic E-state index is 0.0542. The Hall–Kier alpha value is -1.78. The highest BCUT2D eigenvalue weighted by Crippen LogP contribution is 2.24. The van der Waals surface area contributed by atoms with Crippen molar-refractivity contribution in [2.45, 2.75) is 32.7 Å². The number of carbonyl (C=O) groups is 2. The van der Waals surface area contributed by atoms with Crippen LogP contribution in [0.3, 0.4) is 0 Å². The minimum Gasteiger partial charge on any atom is -0.481 e. The zero-order chi connectivity index (χ0) is 13.3. The predicted octanol–water partition coefficient (Wildman–Crippen LogP) is 1.91. The fourth-order valence-corrected chi connectivity index (χ4v) is 2.28. The number of hydrogen-bond acceptors (Lipinski definition) is 3. The largest absolute Gasteiger partial charge is 0.481 e. The first-order valence-corrected chi connectivity index (χ1v) is 6.09. The van der Waals surface area contributed by atoms with Crippen LogP contribution >= 0.6 is 0 Å². The van der Waals surface area contributed by atoms with Gasteiger partial charge in [0.2, 0.25) is 0 Å². The number of aryl methyl sites for hydroxylation is 1. The summed E-state index contributed by atoms with van der Waals surface area (Å²) in [4.78, 5) is 24.8. The van der Waals surface area contributed by atoms with Crippen molar-refractivity contribution in [1.29, 1.82) is 0 Å². The number of nitrogens with zero attached hydrogens (tertiary/aromatic N) is 1. The lowest BCUT2D eigenvalue weighted by Gasteiger charge is -2.35. The third-order valence-corrected chi connectivity index (χ3v) is 3.44. The number of carboxylic acids is 1. The van der Waals surface area contributed by atoms with E-state index in [1.165, 1.54) is 0 Å². The van der Waals surface area contributed by atoms with Crippen LogP contribution in [0, 0.1) is 12.8 Å². The van der Waals surface area contributed by atoms with E-state index in [1.807, 2.05) is 6.92 Å². The zero-order valence-electron chi connectivity index (χ0n) is 10.5. The molecule has 1 N–H and O–H groups in total. The molecule has 2 heterocycles. The second kappa shape index (κ2) is 4.84. The van der Waals surface area contributed by atoms with Crippen LogP contribution in [0.15, 0.2) is 16.5 Å². The van der Waals surface area contributed by atoms with Crippen molar-refractivity contribution in [2.24, 2.45) is 5.92 Å². The number of rotatable bonds is 2. The maximum atomic E-state index is 12.2. The predicted molar refractivity (Wildman–Crippen MR) is 64.3 cm³/mol. The number of amides is 1. The maximum Gasteiger partial charge on any atom is 0.308 e. The van der Waals surface area contributed by atoms with Gasteiger partial charge in [0.05, 0.1) is 5.92 Å². The van der Waals surface area contributed by atoms with Gasteiger partial charge in [-0.15, -0.1) is 0 Å². The van der Waals surface area contributed by atoms with Gasteiger partial charge in [-0.3, -0.25) is 9.59 Å². The molecule has 18 heavy (non-hydrogen) atoms. The van der Waals surface area contributed by atoms with Crippen LogP contribution in [0.25, 0.3) is 0 Å². The average molecular weight is 251 g/mol. The molecule has 2 rings (SSSR count). The lowest BCUT2D eigenvalue weighted by atomic mass is 9.93. The fourth-order valence-electron chi connectivity index (χ4n) is 2.28. The number of likely N-dealkylation sites (tertiary alicyclic amines) is 1. The molecular weight excluding hydrogens is 234 g/mol. The molecule has 1 amide bonds. The van der Waals surface area contributed by atoms with Crippen LogP contribution in [0.2, 0.25) is 0 Å². The maximum absolute atomic E-state index is 12.2. The standard InChI is InChI=1S/C13H17NO4/c1-8-3-5-10(13(16)17)7-14(8)12(15)11-6-4-9(2)18-11/h4,6,8,10H,3,5,7H2,1-2H3,(H,16,17). The van der Waals surface area contributed by atoms with E-state index in [4.69, 9.17) is 9.52 Å². The zero-order valence-corrected chi connectivity index (χ0v) is 10.5. The molecule has 1 aliphatic heterocycles. The molecule has 0 spiro atoms. The summed E-state index contributed by atoms with van der Waals surface area (Å²) in [6.07, 6.45) is 1.33. The van der Waals surface area contributed by atoms with Crippen molar-refractivity contribution in [3.05, 3.63) is 23.7 Å². The van der Waals surface area contributed by atoms with Crippen LogP contribution in [0.4, 0.5) is 0 Å². The Kier molecular flexibility index (Phi) is 3.41. The van der Waals surface area contributed by atoms with Gasteiger partial charge >= 0.3 is 5.97 Å². The summed E-state index contributed by atoms with van der Waals surface area (Å²) < 4.78 is 5.30. The smallest absolute Gasteiger partial charge is 0.308 e. The molecule has 2 unspecified atom stereocenters. The Bertz CT molecular complexity index is 465. The lowest BCUT2D eigenvalue weighted by molar-refractivity contribution is -0.143. The van der Waals surface area contributed by atoms with Crippen molar-refractivity contribution < 1.29 is 19.1 Å². The second-order valence-electron chi connectivity index (χ2n) is 4.83. The third-order valence-electron chi connectivity index (χ3n) is 3.44. The van der Waals surface area contributed by atoms with Crippen molar-refractivity contribution in [2.75, 3.05) is 6.54 Å². The summed E-state index contributed by atoms with van der Waals surface area (Å²) in [6.45, 7) is 3.97. The summed E-state index contributed by atoms with van der Waals surface area (Å²) >= 11 is 0. The van der Waals surface area contributed by atoms with Gasteiger partial charge in [0, 0.05) is 12.6 Å². The van der Waals surface area contributed by atoms with Gasteiger partial charge in [-0.1, -0.05) is 0 Å². The summed E-state index contributed by atoms with van der Waals surface area (Å²) in [6, 6.07) is 3.42. The molecule has 0 aromatic carbocycles. The molecule has 0 bridgehead atoms. The highest BCUT2D eigenvalue weighted by atomic mass is 16.4. The van der Waals surface area contributed by atoms with Crippen molar-refractivity contribution in [3.8, 4) is 0 Å². The van der Waals surface area contributed by atoms with E-state index in [2.05, 4.69) is 0 Å². The van der Waals surface area contributed by atoms with Gasteiger partial charge < -0.3 is 14.4 Å². The van der Waals surface area contributed by atoms with Gasteiger partial charge in [-0.2, -0.15) is 0 Å². The number of furan rings is 1. The molecule has 0 saturated carbocycles. The number of aliphatic carboxylic acids is 1. The minimum atomic E-state index is -0.838. The summed E-state index contributed by atoms with van der Waals surface area (Å²) in [5, 5.41) is 9.04. The molecule has 0 aliphatic carbocycles. The van der Waals surface area contributed by atoms with Crippen molar-refractivity contribution in [3.63, 3.8) is 0 Å². The number of carboxylic acid groups (broad SMARTS) is 1. The van der Waals surface area contributed by atoms with Crippen molar-refractivity contribution in [1.82, 2.24) is 4.90 Å². The molecule has 0 radical (unpaired) electrons. The molecule has 1 aromatic heterocycles. The fraction of sp³-hybridized carbons (Fsp3) is 0.538. The van der Waals surface area contributed by atoms with E-state index < -0.39 is 11.9 Å². The average Bonchev–Trinajstić information content (AvgIpc) is 2.75. The first-order chi connectivity index (χ1) is 8.49. The molecule has 1 aliphatic rings. The second-order valence-corrected chi connectivity index (χ2v) is 4.83. The summed E-state index contributed by atoms with van der Waals surface area (Å²) in [5.74, 6) is -0.568. The van der Waals surface area contributed by atoms with Gasteiger partial charge in [-0.25, -0.2) is 0 Å². The molecule has 98 valence electrons. The van der Waals surface area contributed by atoms with Crippen molar-refractivity contribution >= 4 is 11.9 Å². The van der Waals surface area contributed by atoms with E-state index in [0.717, 1.165) is 0 Å². The van der Waals surface area contributed by atoms with Crippen LogP contribution in [-0.2, 0) is 4.79 Å². The Balaban J connectivity index is 2.15. The Morgan fingerprint density at radius 1 is 1.39 bits per heavy atom. The Morgan fingerprint density at radius 2 is 2.11 bits per heavy atom. The summed E-state index contributed by atoms with van der Waals surface area (Å²) in [5.41, 5.74) is 0. The normalized spacial score (nSPS) is 24.0. The van der Waals surface area contributed by atoms with Gasteiger partial charge in [0.25, 0.3) is 5.91 Å². The molecule has 5 heteroatoms. The van der Waals surface area contributed by atoms with E-state index in [1.54, 1.807) is 24.0 Å². The lowest BCUT2D eigenvalue weighted by Crippen LogP contribution is -2.47. The van der Waals surface area contributed by atoms with Crippen LogP contribution in [0.5, 0.6) is 0 Å². The van der Waals surface area contributed by atoms with E-state index in [-0.39, 0.29) is 24.3 Å². The SMILES string of the molecule is Cc1ccc(C(=O)N2CC(C(=O)O)CCC2C)o1. The quantitative estimate of drug-likeness (QED) is 0.871. The Morgan fingerprint density at radius 3 is 2.67 bits per heavy atom. The Labute approximate surface area is 105 Å². The molecule has 5 nitrogen and oxygen atoms in total. The topological polar surface area (TPSA) is 70.8 Å². The first kappa shape index (κ1) is 12.7. The molecule has 1 aromatic rings. The molecule has 1 fully saturated rings. The van der Waals surface area contributed by atoms with Gasteiger partial charge in [-0.05, 0) is 38.8 Å². The van der Waals surface area contributed by atoms with Gasteiger partial charge in [0.15, 0.2) is 5.76 Å². The monoisotopic (exact) mass is 251 g/mol. The number of hydrogen-bond donors (Lipinski definition) is 1. The molecule has 1 saturated heterocycles.